The zero-order valence-corrected chi connectivity index (χ0v) is 11.6. The van der Waals surface area contributed by atoms with E-state index in [2.05, 4.69) is 0 Å². The van der Waals surface area contributed by atoms with Gasteiger partial charge in [-0.05, 0) is 32.9 Å². The highest BCUT2D eigenvalue weighted by Gasteiger charge is 2.09. The molecule has 1 aromatic rings. The van der Waals surface area contributed by atoms with E-state index in [1.165, 1.54) is 6.08 Å². The minimum Gasteiger partial charge on any atom is -0.491 e. The first-order chi connectivity index (χ1) is 8.88. The molecule has 0 spiro atoms. The van der Waals surface area contributed by atoms with Crippen molar-refractivity contribution in [1.29, 1.82) is 0 Å². The fraction of sp³-hybridized carbons (Fsp3) is 0.400. The molecule has 0 unspecified atom stereocenters. The predicted octanol–water partition coefficient (Wildman–Crippen LogP) is 2.98. The van der Waals surface area contributed by atoms with E-state index < -0.39 is 5.97 Å². The number of carboxylic acids is 1. The number of ether oxygens (including phenoxy) is 2. The van der Waals surface area contributed by atoms with Crippen molar-refractivity contribution in [2.24, 2.45) is 0 Å². The van der Waals surface area contributed by atoms with Crippen molar-refractivity contribution in [2.75, 3.05) is 13.2 Å². The highest BCUT2D eigenvalue weighted by atomic mass is 16.5. The third-order valence-electron chi connectivity index (χ3n) is 2.20. The summed E-state index contributed by atoms with van der Waals surface area (Å²) in [5, 5.41) is 8.62. The van der Waals surface area contributed by atoms with Crippen LogP contribution in [-0.4, -0.2) is 29.9 Å². The molecule has 19 heavy (non-hydrogen) atoms. The fourth-order valence-electron chi connectivity index (χ4n) is 1.41. The van der Waals surface area contributed by atoms with E-state index in [4.69, 9.17) is 14.6 Å². The van der Waals surface area contributed by atoms with Crippen LogP contribution in [0.2, 0.25) is 0 Å². The zero-order valence-electron chi connectivity index (χ0n) is 11.6. The van der Waals surface area contributed by atoms with Gasteiger partial charge in [-0.25, -0.2) is 4.79 Å². The van der Waals surface area contributed by atoms with Crippen molar-refractivity contribution in [2.45, 2.75) is 26.4 Å². The molecule has 0 amide bonds. The molecular weight excluding hydrogens is 244 g/mol. The van der Waals surface area contributed by atoms with Crippen molar-refractivity contribution in [3.8, 4) is 5.75 Å². The Hall–Kier alpha value is -1.81. The summed E-state index contributed by atoms with van der Waals surface area (Å²) in [6.07, 6.45) is 2.61. The summed E-state index contributed by atoms with van der Waals surface area (Å²) in [5.41, 5.74) is 0.548. The maximum Gasteiger partial charge on any atom is 0.328 e. The molecule has 4 heteroatoms. The maximum absolute atomic E-state index is 10.5. The predicted molar refractivity (Wildman–Crippen MR) is 74.3 cm³/mol. The smallest absolute Gasteiger partial charge is 0.328 e. The van der Waals surface area contributed by atoms with Gasteiger partial charge in [0.2, 0.25) is 0 Å². The molecule has 0 aliphatic heterocycles. The van der Waals surface area contributed by atoms with Crippen molar-refractivity contribution in [3.05, 3.63) is 35.9 Å². The van der Waals surface area contributed by atoms with Gasteiger partial charge in [0.05, 0.1) is 12.2 Å². The van der Waals surface area contributed by atoms with E-state index in [1.54, 1.807) is 12.1 Å². The Morgan fingerprint density at radius 3 is 2.58 bits per heavy atom. The molecule has 0 aromatic heterocycles. The van der Waals surface area contributed by atoms with E-state index in [1.807, 2.05) is 32.9 Å². The number of aliphatic carboxylic acids is 1. The molecule has 0 radical (unpaired) electrons. The summed E-state index contributed by atoms with van der Waals surface area (Å²) in [6, 6.07) is 7.29. The Balaban J connectivity index is 2.56. The van der Waals surface area contributed by atoms with Crippen LogP contribution >= 0.6 is 0 Å². The number of para-hydroxylation sites is 1. The van der Waals surface area contributed by atoms with Crippen LogP contribution in [0.1, 0.15) is 26.3 Å². The van der Waals surface area contributed by atoms with Crippen LogP contribution in [0.4, 0.5) is 0 Å². The van der Waals surface area contributed by atoms with Crippen molar-refractivity contribution in [1.82, 2.24) is 0 Å². The third kappa shape index (κ3) is 6.62. The van der Waals surface area contributed by atoms with Crippen molar-refractivity contribution >= 4 is 12.0 Å². The van der Waals surface area contributed by atoms with Crippen LogP contribution < -0.4 is 4.74 Å². The molecule has 0 saturated carbocycles. The lowest BCUT2D eigenvalue weighted by Crippen LogP contribution is -2.22. The molecule has 1 rings (SSSR count). The molecule has 0 saturated heterocycles. The number of carboxylic acid groups (broad SMARTS) is 1. The molecule has 0 aliphatic carbocycles. The van der Waals surface area contributed by atoms with Crippen molar-refractivity contribution in [3.63, 3.8) is 0 Å². The molecule has 0 aliphatic rings. The Bertz CT molecular complexity index is 444. The van der Waals surface area contributed by atoms with Crippen LogP contribution in [0.25, 0.3) is 6.08 Å². The minimum atomic E-state index is -0.981. The normalized spacial score (nSPS) is 11.7. The number of benzene rings is 1. The molecular formula is C15H20O4. The first-order valence-electron chi connectivity index (χ1n) is 6.15. The van der Waals surface area contributed by atoms with Gasteiger partial charge in [-0.3, -0.25) is 0 Å². The molecule has 4 nitrogen and oxygen atoms in total. The number of rotatable bonds is 6. The molecule has 1 aromatic carbocycles. The van der Waals surface area contributed by atoms with Gasteiger partial charge in [0, 0.05) is 11.6 Å². The lowest BCUT2D eigenvalue weighted by Gasteiger charge is -2.19. The second-order valence-electron chi connectivity index (χ2n) is 5.02. The maximum atomic E-state index is 10.5. The van der Waals surface area contributed by atoms with Gasteiger partial charge in [-0.1, -0.05) is 18.2 Å². The van der Waals surface area contributed by atoms with Gasteiger partial charge in [0.1, 0.15) is 12.4 Å². The lowest BCUT2D eigenvalue weighted by atomic mass is 10.2. The zero-order chi connectivity index (χ0) is 14.3. The molecule has 0 fully saturated rings. The van der Waals surface area contributed by atoms with Crippen LogP contribution in [0.3, 0.4) is 0 Å². The number of carbonyl (C=O) groups is 1. The largest absolute Gasteiger partial charge is 0.491 e. The lowest BCUT2D eigenvalue weighted by molar-refractivity contribution is -0.131. The summed E-state index contributed by atoms with van der Waals surface area (Å²) in [4.78, 5) is 10.5. The van der Waals surface area contributed by atoms with E-state index >= 15 is 0 Å². The van der Waals surface area contributed by atoms with Gasteiger partial charge >= 0.3 is 5.97 Å². The van der Waals surface area contributed by atoms with Crippen LogP contribution in [-0.2, 0) is 9.53 Å². The standard InChI is InChI=1S/C15H20O4/c1-15(2,3)19-11-10-18-13-7-5-4-6-12(13)8-9-14(16)17/h4-9H,10-11H2,1-3H3,(H,16,17)/b9-8+. The van der Waals surface area contributed by atoms with Crippen LogP contribution in [0.15, 0.2) is 30.3 Å². The van der Waals surface area contributed by atoms with Gasteiger partial charge in [0.25, 0.3) is 0 Å². The summed E-state index contributed by atoms with van der Waals surface area (Å²) in [5.74, 6) is -0.330. The third-order valence-corrected chi connectivity index (χ3v) is 2.20. The van der Waals surface area contributed by atoms with Crippen LogP contribution in [0, 0.1) is 0 Å². The average molecular weight is 264 g/mol. The summed E-state index contributed by atoms with van der Waals surface area (Å²) in [6.45, 7) is 6.86. The minimum absolute atomic E-state index is 0.188. The van der Waals surface area contributed by atoms with Crippen molar-refractivity contribution < 1.29 is 19.4 Å². The van der Waals surface area contributed by atoms with Gasteiger partial charge < -0.3 is 14.6 Å². The molecule has 0 atom stereocenters. The molecule has 0 bridgehead atoms. The van der Waals surface area contributed by atoms with Crippen LogP contribution in [0.5, 0.6) is 5.75 Å². The highest BCUT2D eigenvalue weighted by molar-refractivity contribution is 5.85. The van der Waals surface area contributed by atoms with Gasteiger partial charge in [0.15, 0.2) is 0 Å². The Kier molecular flexibility index (Phi) is 5.57. The molecule has 1 N–H and O–H groups in total. The van der Waals surface area contributed by atoms with E-state index in [0.29, 0.717) is 19.0 Å². The Morgan fingerprint density at radius 1 is 1.26 bits per heavy atom. The monoisotopic (exact) mass is 264 g/mol. The average Bonchev–Trinajstić information content (AvgIpc) is 2.32. The first kappa shape index (κ1) is 15.2. The Morgan fingerprint density at radius 2 is 1.95 bits per heavy atom. The van der Waals surface area contributed by atoms with E-state index in [0.717, 1.165) is 11.6 Å². The SMILES string of the molecule is CC(C)(C)OCCOc1ccccc1/C=C/C(=O)O. The highest BCUT2D eigenvalue weighted by Crippen LogP contribution is 2.19. The second kappa shape index (κ2) is 6.95. The van der Waals surface area contributed by atoms with Gasteiger partial charge in [-0.15, -0.1) is 0 Å². The number of hydrogen-bond acceptors (Lipinski definition) is 3. The van der Waals surface area contributed by atoms with Gasteiger partial charge in [-0.2, -0.15) is 0 Å². The molecule has 0 heterocycles. The quantitative estimate of drug-likeness (QED) is 0.634. The Labute approximate surface area is 113 Å². The summed E-state index contributed by atoms with van der Waals surface area (Å²) in [7, 11) is 0. The summed E-state index contributed by atoms with van der Waals surface area (Å²) >= 11 is 0. The first-order valence-corrected chi connectivity index (χ1v) is 6.15. The second-order valence-corrected chi connectivity index (χ2v) is 5.02. The van der Waals surface area contributed by atoms with E-state index in [-0.39, 0.29) is 5.60 Å². The number of hydrogen-bond donors (Lipinski definition) is 1. The fourth-order valence-corrected chi connectivity index (χ4v) is 1.41. The molecule has 104 valence electrons. The summed E-state index contributed by atoms with van der Waals surface area (Å²) < 4.78 is 11.1. The van der Waals surface area contributed by atoms with E-state index in [9.17, 15) is 4.79 Å². The topological polar surface area (TPSA) is 55.8 Å².